The molecule has 0 spiro atoms. The SMILES string of the molecule is COCCNc1nccc2c(Br)ccc(N)c12. The van der Waals surface area contributed by atoms with Crippen molar-refractivity contribution in [3.8, 4) is 0 Å². The van der Waals surface area contributed by atoms with Crippen LogP contribution in [0.2, 0.25) is 0 Å². The molecule has 0 aliphatic carbocycles. The molecule has 0 saturated carbocycles. The van der Waals surface area contributed by atoms with Gasteiger partial charge in [0.15, 0.2) is 0 Å². The lowest BCUT2D eigenvalue weighted by molar-refractivity contribution is 0.210. The smallest absolute Gasteiger partial charge is 0.136 e. The molecule has 0 saturated heterocycles. The third kappa shape index (κ3) is 2.50. The number of fused-ring (bicyclic) bond motifs is 1. The van der Waals surface area contributed by atoms with E-state index < -0.39 is 0 Å². The van der Waals surface area contributed by atoms with Crippen molar-refractivity contribution in [2.75, 3.05) is 31.3 Å². The monoisotopic (exact) mass is 295 g/mol. The van der Waals surface area contributed by atoms with Gasteiger partial charge in [0.1, 0.15) is 5.82 Å². The fourth-order valence-corrected chi connectivity index (χ4v) is 2.16. The Labute approximate surface area is 108 Å². The van der Waals surface area contributed by atoms with E-state index in [1.54, 1.807) is 13.3 Å². The van der Waals surface area contributed by atoms with E-state index >= 15 is 0 Å². The van der Waals surface area contributed by atoms with E-state index in [-0.39, 0.29) is 0 Å². The van der Waals surface area contributed by atoms with Crippen LogP contribution < -0.4 is 11.1 Å². The summed E-state index contributed by atoms with van der Waals surface area (Å²) in [5.74, 6) is 0.790. The molecule has 17 heavy (non-hydrogen) atoms. The molecule has 0 aliphatic rings. The summed E-state index contributed by atoms with van der Waals surface area (Å²) in [6, 6.07) is 5.75. The first kappa shape index (κ1) is 12.1. The molecular formula is C12H14BrN3O. The second kappa shape index (κ2) is 5.33. The summed E-state index contributed by atoms with van der Waals surface area (Å²) in [6.07, 6.45) is 1.77. The van der Waals surface area contributed by atoms with Crippen LogP contribution in [0.3, 0.4) is 0 Å². The van der Waals surface area contributed by atoms with Crippen LogP contribution in [-0.2, 0) is 4.74 Å². The summed E-state index contributed by atoms with van der Waals surface area (Å²) in [5, 5.41) is 5.22. The zero-order valence-electron chi connectivity index (χ0n) is 9.53. The first-order valence-electron chi connectivity index (χ1n) is 5.29. The standard InChI is InChI=1S/C12H14BrN3O/c1-17-7-6-16-12-11-8(4-5-15-12)9(13)2-3-10(11)14/h2-5H,6-7,14H2,1H3,(H,15,16). The molecule has 0 aliphatic heterocycles. The number of nitrogens with one attached hydrogen (secondary N) is 1. The maximum atomic E-state index is 6.00. The largest absolute Gasteiger partial charge is 0.398 e. The number of benzene rings is 1. The molecule has 0 radical (unpaired) electrons. The summed E-state index contributed by atoms with van der Waals surface area (Å²) in [5.41, 5.74) is 6.72. The highest BCUT2D eigenvalue weighted by Crippen LogP contribution is 2.32. The van der Waals surface area contributed by atoms with Gasteiger partial charge in [0, 0.05) is 40.8 Å². The quantitative estimate of drug-likeness (QED) is 0.672. The van der Waals surface area contributed by atoms with Gasteiger partial charge < -0.3 is 15.8 Å². The fourth-order valence-electron chi connectivity index (χ4n) is 1.69. The molecule has 4 nitrogen and oxygen atoms in total. The van der Waals surface area contributed by atoms with Crippen molar-refractivity contribution in [3.63, 3.8) is 0 Å². The lowest BCUT2D eigenvalue weighted by Gasteiger charge is -2.11. The van der Waals surface area contributed by atoms with Crippen LogP contribution in [0.1, 0.15) is 0 Å². The second-order valence-electron chi connectivity index (χ2n) is 3.64. The molecule has 0 bridgehead atoms. The number of rotatable bonds is 4. The molecule has 0 atom stereocenters. The number of anilines is 2. The van der Waals surface area contributed by atoms with Crippen molar-refractivity contribution >= 4 is 38.2 Å². The van der Waals surface area contributed by atoms with E-state index in [0.29, 0.717) is 13.2 Å². The van der Waals surface area contributed by atoms with Gasteiger partial charge in [-0.3, -0.25) is 0 Å². The Bertz CT molecular complexity index is 530. The van der Waals surface area contributed by atoms with Gasteiger partial charge in [-0.25, -0.2) is 4.98 Å². The molecule has 0 amide bonds. The molecule has 3 N–H and O–H groups in total. The minimum Gasteiger partial charge on any atom is -0.398 e. The Morgan fingerprint density at radius 1 is 1.41 bits per heavy atom. The molecule has 1 aromatic heterocycles. The van der Waals surface area contributed by atoms with Gasteiger partial charge in [-0.2, -0.15) is 0 Å². The maximum Gasteiger partial charge on any atom is 0.136 e. The lowest BCUT2D eigenvalue weighted by atomic mass is 10.1. The minimum atomic E-state index is 0.631. The molecule has 1 heterocycles. The molecule has 90 valence electrons. The Balaban J connectivity index is 2.45. The van der Waals surface area contributed by atoms with Gasteiger partial charge in [-0.1, -0.05) is 15.9 Å². The molecule has 2 aromatic rings. The van der Waals surface area contributed by atoms with Gasteiger partial charge in [-0.15, -0.1) is 0 Å². The highest BCUT2D eigenvalue weighted by atomic mass is 79.9. The topological polar surface area (TPSA) is 60.2 Å². The predicted molar refractivity (Wildman–Crippen MR) is 74.2 cm³/mol. The fraction of sp³-hybridized carbons (Fsp3) is 0.250. The van der Waals surface area contributed by atoms with Crippen molar-refractivity contribution in [3.05, 3.63) is 28.9 Å². The average Bonchev–Trinajstić information content (AvgIpc) is 2.34. The van der Waals surface area contributed by atoms with Crippen LogP contribution in [0.5, 0.6) is 0 Å². The van der Waals surface area contributed by atoms with Crippen LogP contribution >= 0.6 is 15.9 Å². The summed E-state index contributed by atoms with van der Waals surface area (Å²) in [6.45, 7) is 1.33. The van der Waals surface area contributed by atoms with Crippen molar-refractivity contribution in [1.29, 1.82) is 0 Å². The van der Waals surface area contributed by atoms with Gasteiger partial charge in [0.05, 0.1) is 6.61 Å². The van der Waals surface area contributed by atoms with E-state index in [4.69, 9.17) is 10.5 Å². The van der Waals surface area contributed by atoms with E-state index in [1.807, 2.05) is 18.2 Å². The van der Waals surface area contributed by atoms with Crippen molar-refractivity contribution in [1.82, 2.24) is 4.98 Å². The zero-order chi connectivity index (χ0) is 12.3. The highest BCUT2D eigenvalue weighted by molar-refractivity contribution is 9.10. The number of hydrogen-bond donors (Lipinski definition) is 2. The molecular weight excluding hydrogens is 282 g/mol. The molecule has 5 heteroatoms. The minimum absolute atomic E-state index is 0.631. The molecule has 1 aromatic carbocycles. The lowest BCUT2D eigenvalue weighted by Crippen LogP contribution is -2.09. The maximum absolute atomic E-state index is 6.00. The Morgan fingerprint density at radius 2 is 2.24 bits per heavy atom. The number of pyridine rings is 1. The Kier molecular flexibility index (Phi) is 3.81. The van der Waals surface area contributed by atoms with E-state index in [0.717, 1.165) is 26.8 Å². The highest BCUT2D eigenvalue weighted by Gasteiger charge is 2.07. The van der Waals surface area contributed by atoms with Crippen LogP contribution in [0.25, 0.3) is 10.8 Å². The number of nitrogens with zero attached hydrogens (tertiary/aromatic N) is 1. The average molecular weight is 296 g/mol. The number of halogens is 1. The molecule has 0 fully saturated rings. The predicted octanol–water partition coefficient (Wildman–Crippen LogP) is 2.64. The first-order chi connectivity index (χ1) is 8.24. The summed E-state index contributed by atoms with van der Waals surface area (Å²) in [4.78, 5) is 4.31. The molecule has 0 unspecified atom stereocenters. The molecule has 2 rings (SSSR count). The van der Waals surface area contributed by atoms with Crippen molar-refractivity contribution in [2.24, 2.45) is 0 Å². The van der Waals surface area contributed by atoms with Crippen LogP contribution in [0, 0.1) is 0 Å². The van der Waals surface area contributed by atoms with Gasteiger partial charge in [0.25, 0.3) is 0 Å². The third-order valence-electron chi connectivity index (χ3n) is 2.50. The van der Waals surface area contributed by atoms with Gasteiger partial charge >= 0.3 is 0 Å². The Hall–Kier alpha value is -1.33. The second-order valence-corrected chi connectivity index (χ2v) is 4.49. The van der Waals surface area contributed by atoms with Crippen LogP contribution in [0.15, 0.2) is 28.9 Å². The van der Waals surface area contributed by atoms with E-state index in [9.17, 15) is 0 Å². The van der Waals surface area contributed by atoms with Gasteiger partial charge in [0.2, 0.25) is 0 Å². The number of nitrogens with two attached hydrogens (primary N) is 1. The van der Waals surface area contributed by atoms with Gasteiger partial charge in [-0.05, 0) is 18.2 Å². The number of hydrogen-bond acceptors (Lipinski definition) is 4. The number of ether oxygens (including phenoxy) is 1. The normalized spacial score (nSPS) is 10.7. The summed E-state index contributed by atoms with van der Waals surface area (Å²) < 4.78 is 6.01. The van der Waals surface area contributed by atoms with Crippen LogP contribution in [-0.4, -0.2) is 25.2 Å². The van der Waals surface area contributed by atoms with E-state index in [2.05, 4.69) is 26.2 Å². The summed E-state index contributed by atoms with van der Waals surface area (Å²) in [7, 11) is 1.67. The van der Waals surface area contributed by atoms with Crippen molar-refractivity contribution in [2.45, 2.75) is 0 Å². The van der Waals surface area contributed by atoms with Crippen molar-refractivity contribution < 1.29 is 4.74 Å². The number of aromatic nitrogens is 1. The third-order valence-corrected chi connectivity index (χ3v) is 3.20. The summed E-state index contributed by atoms with van der Waals surface area (Å²) >= 11 is 3.51. The number of methoxy groups -OCH3 is 1. The van der Waals surface area contributed by atoms with Crippen LogP contribution in [0.4, 0.5) is 11.5 Å². The zero-order valence-corrected chi connectivity index (χ0v) is 11.1. The Morgan fingerprint density at radius 3 is 3.00 bits per heavy atom. The van der Waals surface area contributed by atoms with E-state index in [1.165, 1.54) is 0 Å². The first-order valence-corrected chi connectivity index (χ1v) is 6.09. The number of nitrogen functional groups attached to an aromatic ring is 1.